The number of carbonyl (C=O) groups is 4. The smallest absolute Gasteiger partial charge is 0.333 e. The highest BCUT2D eigenvalue weighted by Gasteiger charge is 2.39. The summed E-state index contributed by atoms with van der Waals surface area (Å²) in [7, 11) is 1.74. The fourth-order valence-corrected chi connectivity index (χ4v) is 8.74. The number of carbonyl (C=O) groups excluding carboxylic acids is 4. The van der Waals surface area contributed by atoms with E-state index in [2.05, 4.69) is 67.8 Å². The van der Waals surface area contributed by atoms with Crippen LogP contribution in [0, 0.1) is 13.8 Å². The monoisotopic (exact) mass is 740 g/mol. The van der Waals surface area contributed by atoms with Gasteiger partial charge in [-0.3, -0.25) is 24.4 Å². The first-order valence-electron chi connectivity index (χ1n) is 19.3. The van der Waals surface area contributed by atoms with Crippen molar-refractivity contribution in [3.63, 3.8) is 0 Å². The zero-order valence-corrected chi connectivity index (χ0v) is 32.9. The third-order valence-electron chi connectivity index (χ3n) is 11.6. The van der Waals surface area contributed by atoms with Gasteiger partial charge in [0, 0.05) is 78.5 Å². The van der Waals surface area contributed by atoms with Crippen molar-refractivity contribution >= 4 is 68.6 Å². The first-order valence-corrected chi connectivity index (χ1v) is 19.3. The zero-order chi connectivity index (χ0) is 39.3. The van der Waals surface area contributed by atoms with Crippen LogP contribution < -0.4 is 0 Å². The number of H-pyrrole nitrogens is 2. The number of imide groups is 1. The van der Waals surface area contributed by atoms with Gasteiger partial charge in [0.1, 0.15) is 0 Å². The molecule has 7 rings (SSSR count). The van der Waals surface area contributed by atoms with Crippen LogP contribution in [0.1, 0.15) is 140 Å². The van der Waals surface area contributed by atoms with Crippen molar-refractivity contribution in [3.8, 4) is 0 Å². The average molecular weight is 741 g/mol. The molecule has 1 fully saturated rings. The fraction of sp³-hybridized carbons (Fsp3) is 0.386. The molecule has 0 unspecified atom stereocenters. The number of hydroxylamine groups is 2. The van der Waals surface area contributed by atoms with Crippen LogP contribution in [0.4, 0.5) is 0 Å². The molecule has 0 aromatic carbocycles. The molecule has 0 spiro atoms. The molecule has 4 aliphatic rings. The molecule has 2 amide bonds. The lowest BCUT2D eigenvalue weighted by molar-refractivity contribution is -0.197. The van der Waals surface area contributed by atoms with Crippen molar-refractivity contribution in [3.05, 3.63) is 86.5 Å². The Bertz CT molecular complexity index is 2460. The highest BCUT2D eigenvalue weighted by Crippen LogP contribution is 2.47. The Morgan fingerprint density at radius 1 is 0.964 bits per heavy atom. The van der Waals surface area contributed by atoms with Crippen molar-refractivity contribution in [2.24, 2.45) is 4.99 Å². The summed E-state index contributed by atoms with van der Waals surface area (Å²) in [5, 5.41) is 0.592. The maximum atomic E-state index is 13.9. The molecule has 2 N–H and O–H groups in total. The van der Waals surface area contributed by atoms with Gasteiger partial charge in [-0.05, 0) is 98.6 Å². The summed E-state index contributed by atoms with van der Waals surface area (Å²) in [5.74, 6) is -2.20. The molecule has 3 aliphatic heterocycles. The van der Waals surface area contributed by atoms with Gasteiger partial charge in [0.2, 0.25) is 0 Å². The lowest BCUT2D eigenvalue weighted by Gasteiger charge is -2.19. The van der Waals surface area contributed by atoms with Gasteiger partial charge in [-0.15, -0.1) is 5.06 Å². The Morgan fingerprint density at radius 2 is 1.67 bits per heavy atom. The summed E-state index contributed by atoms with van der Waals surface area (Å²) in [6, 6.07) is 4.20. The van der Waals surface area contributed by atoms with Gasteiger partial charge in [0.15, 0.2) is 5.78 Å². The lowest BCUT2D eigenvalue weighted by atomic mass is 9.83. The standard InChI is InChI=1S/C44H48N6O5/c1-9-12-26(17-18-45-8)40-41-23(5)28(11-3)34(48-41)20-31-22(4)27(10-2)33(46-31)21-32-25(7)39-35(51)19-30(44(39)47-32)43-29(24(6)42(40)49-43)13-16-38(54)55-50-36(52)14-15-37(50)53/h9,12,17-18,20-21,24,29,47-48H,10-11,13-16,19H2,1-8H3/b12-9-,26-17+,31-20?,32-21?,33-21?,34-20?,41-40?,42-40?,43-30?,45-18+/t24-,29-/m0/s1. The quantitative estimate of drug-likeness (QED) is 0.127. The average Bonchev–Trinajstić information content (AvgIpc) is 3.97. The number of aromatic amines is 2. The molecule has 2 atom stereocenters. The SMILES string of the molecule is C\C=C/C(=C\C=N\C)c1c2nc(c3c4[nH]c(cc5nc(cc6[nH]c1c(C)c6CC)C(C)=C5CC)c(C)c4C(=O)C3)[C@@H](CCC(=O)ON1C(=O)CCC1=O)[C@@H]2C. The molecule has 11 nitrogen and oxygen atoms in total. The molecule has 284 valence electrons. The Hall–Kier alpha value is -5.71. The number of aliphatic imine (C=N–C) groups is 1. The van der Waals surface area contributed by atoms with Gasteiger partial charge >= 0.3 is 5.97 Å². The number of Topliss-reactive ketones (excluding diaryl/α,β-unsaturated/α-hetero) is 1. The summed E-state index contributed by atoms with van der Waals surface area (Å²) in [6.07, 6.45) is 9.87. The second-order valence-corrected chi connectivity index (χ2v) is 14.8. The van der Waals surface area contributed by atoms with Crippen molar-refractivity contribution < 1.29 is 24.0 Å². The summed E-state index contributed by atoms with van der Waals surface area (Å²) < 4.78 is 0. The van der Waals surface area contributed by atoms with E-state index in [1.165, 1.54) is 5.56 Å². The number of amides is 2. The number of nitrogens with one attached hydrogen (secondary N) is 2. The van der Waals surface area contributed by atoms with E-state index in [1.54, 1.807) is 13.3 Å². The second kappa shape index (κ2) is 14.8. The van der Waals surface area contributed by atoms with E-state index >= 15 is 0 Å². The van der Waals surface area contributed by atoms with E-state index in [0.717, 1.165) is 96.7 Å². The minimum absolute atomic E-state index is 0.0132. The molecule has 55 heavy (non-hydrogen) atoms. The van der Waals surface area contributed by atoms with E-state index in [0.29, 0.717) is 17.0 Å². The fourth-order valence-electron chi connectivity index (χ4n) is 8.74. The van der Waals surface area contributed by atoms with Crippen molar-refractivity contribution in [1.82, 2.24) is 25.0 Å². The number of hydrogen-bond donors (Lipinski definition) is 2. The van der Waals surface area contributed by atoms with Crippen LogP contribution in [0.3, 0.4) is 0 Å². The molecule has 0 saturated carbocycles. The number of allylic oxidation sites excluding steroid dienone is 6. The van der Waals surface area contributed by atoms with Crippen molar-refractivity contribution in [1.29, 1.82) is 0 Å². The van der Waals surface area contributed by atoms with E-state index in [4.69, 9.17) is 14.8 Å². The Morgan fingerprint density at radius 3 is 2.35 bits per heavy atom. The summed E-state index contributed by atoms with van der Waals surface area (Å²) in [6.45, 7) is 14.6. The number of aryl methyl sites for hydroxylation is 3. The molecule has 11 heteroatoms. The number of ketones is 1. The zero-order valence-electron chi connectivity index (χ0n) is 32.9. The molecule has 0 radical (unpaired) electrons. The minimum atomic E-state index is -0.669. The molecular formula is C44H48N6O5. The third-order valence-corrected chi connectivity index (χ3v) is 11.6. The lowest BCUT2D eigenvalue weighted by Crippen LogP contribution is -2.32. The maximum Gasteiger partial charge on any atom is 0.333 e. The van der Waals surface area contributed by atoms with Crippen LogP contribution in [0.15, 0.2) is 35.4 Å². The van der Waals surface area contributed by atoms with E-state index in [-0.39, 0.29) is 43.3 Å². The summed E-state index contributed by atoms with van der Waals surface area (Å²) in [5.41, 5.74) is 15.5. The van der Waals surface area contributed by atoms with Gasteiger partial charge in [-0.25, -0.2) is 9.78 Å². The van der Waals surface area contributed by atoms with Gasteiger partial charge in [0.05, 0.1) is 33.8 Å². The number of nitrogens with zero attached hydrogens (tertiary/aromatic N) is 4. The van der Waals surface area contributed by atoms with E-state index in [1.807, 2.05) is 26.0 Å². The van der Waals surface area contributed by atoms with Gasteiger partial charge in [0.25, 0.3) is 11.8 Å². The summed E-state index contributed by atoms with van der Waals surface area (Å²) in [4.78, 5) is 79.3. The Labute approximate surface area is 320 Å². The topological polar surface area (TPSA) is 150 Å². The summed E-state index contributed by atoms with van der Waals surface area (Å²) >= 11 is 0. The molecule has 1 saturated heterocycles. The van der Waals surface area contributed by atoms with E-state index < -0.39 is 17.8 Å². The molecule has 8 bridgehead atoms. The molecule has 1 aliphatic carbocycles. The van der Waals surface area contributed by atoms with E-state index in [9.17, 15) is 19.2 Å². The van der Waals surface area contributed by atoms with Crippen LogP contribution in [-0.2, 0) is 32.1 Å². The molecule has 6 heterocycles. The van der Waals surface area contributed by atoms with Gasteiger partial charge in [-0.2, -0.15) is 0 Å². The highest BCUT2D eigenvalue weighted by molar-refractivity contribution is 6.13. The predicted octanol–water partition coefficient (Wildman–Crippen LogP) is 8.51. The minimum Gasteiger partial charge on any atom is -0.354 e. The predicted molar refractivity (Wildman–Crippen MR) is 215 cm³/mol. The largest absolute Gasteiger partial charge is 0.354 e. The third kappa shape index (κ3) is 6.39. The van der Waals surface area contributed by atoms with Crippen LogP contribution in [-0.4, -0.2) is 61.8 Å². The Kier molecular flexibility index (Phi) is 10.1. The normalized spacial score (nSPS) is 18.7. The molecule has 3 aromatic heterocycles. The number of fused-ring (bicyclic) bond motifs is 8. The molecule has 3 aromatic rings. The van der Waals surface area contributed by atoms with Crippen LogP contribution in [0.2, 0.25) is 0 Å². The van der Waals surface area contributed by atoms with Crippen LogP contribution in [0.5, 0.6) is 0 Å². The second-order valence-electron chi connectivity index (χ2n) is 14.8. The number of rotatable bonds is 9. The van der Waals surface area contributed by atoms with Crippen molar-refractivity contribution in [2.75, 3.05) is 7.05 Å². The maximum absolute atomic E-state index is 13.9. The number of hydrogen-bond acceptors (Lipinski definition) is 8. The van der Waals surface area contributed by atoms with Crippen LogP contribution in [0.25, 0.3) is 38.8 Å². The van der Waals surface area contributed by atoms with Gasteiger partial charge in [-0.1, -0.05) is 32.9 Å². The van der Waals surface area contributed by atoms with Gasteiger partial charge < -0.3 is 14.8 Å². The first kappa shape index (κ1) is 37.6. The van der Waals surface area contributed by atoms with Crippen LogP contribution >= 0.6 is 0 Å². The highest BCUT2D eigenvalue weighted by atomic mass is 16.7. The van der Waals surface area contributed by atoms with Crippen molar-refractivity contribution in [2.45, 2.75) is 105 Å². The Balaban J connectivity index is 1.57. The molecular weight excluding hydrogens is 693 g/mol. The number of aromatic nitrogens is 4. The first-order chi connectivity index (χ1) is 26.4.